The van der Waals surface area contributed by atoms with Gasteiger partial charge in [0, 0.05) is 11.1 Å². The Morgan fingerprint density at radius 2 is 1.51 bits per heavy atom. The van der Waals surface area contributed by atoms with Gasteiger partial charge in [0.1, 0.15) is 0 Å². The van der Waals surface area contributed by atoms with Crippen LogP contribution in [-0.4, -0.2) is 56.7 Å². The molecule has 4 aromatic carbocycles. The maximum absolute atomic E-state index is 13.3. The summed E-state index contributed by atoms with van der Waals surface area (Å²) in [5, 5.41) is 26.9. The number of nitrogens with one attached hydrogen (secondary N) is 3. The zero-order valence-electron chi connectivity index (χ0n) is 22.4. The smallest absolute Gasteiger partial charge is 0.323 e. The number of aromatic hydroxyl groups is 1. The maximum Gasteiger partial charge on any atom is 0.323 e. The van der Waals surface area contributed by atoms with Crippen LogP contribution in [0.2, 0.25) is 0 Å². The van der Waals surface area contributed by atoms with Crippen molar-refractivity contribution in [2.45, 2.75) is 9.79 Å². The molecule has 0 radical (unpaired) electrons. The maximum atomic E-state index is 13.3. The lowest BCUT2D eigenvalue weighted by Gasteiger charge is -2.09. The molecule has 228 valence electrons. The fourth-order valence-corrected chi connectivity index (χ4v) is 5.49. The number of amides is 1. The Balaban J connectivity index is 1.46. The van der Waals surface area contributed by atoms with Crippen molar-refractivity contribution in [1.29, 1.82) is 0 Å². The standard InChI is InChI=1S/C27H19N7O9S2/c35-24-23(26(36)28-16-6-11-20-21(13-16)30-27(37)29-20)33-34(25(24)32-31-15-4-7-17(8-5-15)44(38,39)40)22-3-1-2-14-12-18(45(41,42)43)9-10-19(14)22/h1-13,35H,(H,28,36)(H2,29,30,37)(H,38,39,40)(H,41,42,43). The molecule has 0 aliphatic heterocycles. The van der Waals surface area contributed by atoms with Gasteiger partial charge in [-0.2, -0.15) is 21.9 Å². The van der Waals surface area contributed by atoms with E-state index in [1.165, 1.54) is 36.4 Å². The van der Waals surface area contributed by atoms with Crippen molar-refractivity contribution < 1.29 is 35.8 Å². The van der Waals surface area contributed by atoms with E-state index in [4.69, 9.17) is 0 Å². The number of hydrogen-bond acceptors (Lipinski definition) is 10. The van der Waals surface area contributed by atoms with Crippen molar-refractivity contribution in [3.8, 4) is 11.4 Å². The zero-order valence-corrected chi connectivity index (χ0v) is 24.0. The first-order valence-corrected chi connectivity index (χ1v) is 15.5. The van der Waals surface area contributed by atoms with Gasteiger partial charge in [-0.05, 0) is 66.0 Å². The number of anilines is 1. The average Bonchev–Trinajstić information content (AvgIpc) is 3.52. The highest BCUT2D eigenvalue weighted by atomic mass is 32.2. The summed E-state index contributed by atoms with van der Waals surface area (Å²) in [5.41, 5.74) is 0.635. The molecular weight excluding hydrogens is 630 g/mol. The first kappa shape index (κ1) is 29.4. The Hall–Kier alpha value is -5.69. The Labute approximate surface area is 252 Å². The van der Waals surface area contributed by atoms with Crippen LogP contribution in [-0.2, 0) is 20.2 Å². The van der Waals surface area contributed by atoms with E-state index in [1.807, 2.05) is 0 Å². The number of imidazole rings is 1. The van der Waals surface area contributed by atoms with E-state index in [2.05, 4.69) is 30.6 Å². The molecule has 6 rings (SSSR count). The molecule has 45 heavy (non-hydrogen) atoms. The highest BCUT2D eigenvalue weighted by Crippen LogP contribution is 2.37. The number of aromatic nitrogens is 4. The summed E-state index contributed by atoms with van der Waals surface area (Å²) in [4.78, 5) is 29.3. The van der Waals surface area contributed by atoms with Crippen LogP contribution in [0.5, 0.6) is 5.75 Å². The lowest BCUT2D eigenvalue weighted by molar-refractivity contribution is 0.101. The first-order chi connectivity index (χ1) is 21.3. The van der Waals surface area contributed by atoms with Gasteiger partial charge >= 0.3 is 5.69 Å². The van der Waals surface area contributed by atoms with Crippen LogP contribution in [0.3, 0.4) is 0 Å². The lowest BCUT2D eigenvalue weighted by atomic mass is 10.1. The van der Waals surface area contributed by atoms with Crippen LogP contribution in [0.25, 0.3) is 27.5 Å². The summed E-state index contributed by atoms with van der Waals surface area (Å²) in [7, 11) is -8.97. The Kier molecular flexibility index (Phi) is 7.04. The van der Waals surface area contributed by atoms with Crippen molar-refractivity contribution in [2.24, 2.45) is 10.2 Å². The third kappa shape index (κ3) is 5.80. The number of hydrogen-bond donors (Lipinski definition) is 6. The van der Waals surface area contributed by atoms with Gasteiger partial charge in [0.25, 0.3) is 26.1 Å². The van der Waals surface area contributed by atoms with Crippen LogP contribution in [0.15, 0.2) is 104 Å². The molecule has 0 aliphatic carbocycles. The molecule has 1 amide bonds. The van der Waals surface area contributed by atoms with E-state index in [9.17, 15) is 40.6 Å². The quantitative estimate of drug-likeness (QED) is 0.107. The molecule has 0 unspecified atom stereocenters. The van der Waals surface area contributed by atoms with Gasteiger partial charge in [0.05, 0.1) is 32.2 Å². The second kappa shape index (κ2) is 10.8. The predicted octanol–water partition coefficient (Wildman–Crippen LogP) is 4.06. The van der Waals surface area contributed by atoms with Crippen LogP contribution in [0.1, 0.15) is 10.5 Å². The van der Waals surface area contributed by atoms with E-state index in [0.717, 1.165) is 22.9 Å². The highest BCUT2D eigenvalue weighted by Gasteiger charge is 2.25. The predicted molar refractivity (Wildman–Crippen MR) is 160 cm³/mol. The second-order valence-electron chi connectivity index (χ2n) is 9.53. The van der Waals surface area contributed by atoms with Gasteiger partial charge in [-0.3, -0.25) is 13.9 Å². The number of azo groups is 1. The molecule has 16 nitrogen and oxygen atoms in total. The summed E-state index contributed by atoms with van der Waals surface area (Å²) >= 11 is 0. The van der Waals surface area contributed by atoms with E-state index >= 15 is 0 Å². The lowest BCUT2D eigenvalue weighted by Crippen LogP contribution is -2.13. The minimum Gasteiger partial charge on any atom is -0.502 e. The molecule has 18 heteroatoms. The number of carbonyl (C=O) groups excluding carboxylic acids is 1. The van der Waals surface area contributed by atoms with E-state index in [0.29, 0.717) is 21.8 Å². The number of benzene rings is 4. The fourth-order valence-electron chi connectivity index (χ4n) is 4.49. The summed E-state index contributed by atoms with van der Waals surface area (Å²) in [6.07, 6.45) is 0. The van der Waals surface area contributed by atoms with Gasteiger partial charge < -0.3 is 20.4 Å². The molecule has 6 N–H and O–H groups in total. The van der Waals surface area contributed by atoms with Gasteiger partial charge in [0.15, 0.2) is 11.4 Å². The Morgan fingerprint density at radius 1 is 0.822 bits per heavy atom. The third-order valence-corrected chi connectivity index (χ3v) is 8.29. The molecule has 0 atom stereocenters. The molecular formula is C27H19N7O9S2. The number of nitrogens with zero attached hydrogens (tertiary/aromatic N) is 4. The van der Waals surface area contributed by atoms with Crippen molar-refractivity contribution in [3.05, 3.63) is 95.0 Å². The number of carbonyl (C=O) groups is 1. The molecule has 0 spiro atoms. The SMILES string of the molecule is O=C(Nc1ccc2[nH]c(=O)[nH]c2c1)c1nn(-c2cccc3cc(S(=O)(=O)O)ccc23)c(N=Nc2ccc(S(=O)(=O)O)cc2)c1O. The molecule has 0 aliphatic rings. The number of fused-ring (bicyclic) bond motifs is 2. The monoisotopic (exact) mass is 649 g/mol. The molecule has 2 heterocycles. The van der Waals surface area contributed by atoms with Crippen LogP contribution >= 0.6 is 0 Å². The fraction of sp³-hybridized carbons (Fsp3) is 0. The van der Waals surface area contributed by atoms with Crippen LogP contribution < -0.4 is 11.0 Å². The minimum absolute atomic E-state index is 0.116. The van der Waals surface area contributed by atoms with Gasteiger partial charge in [0.2, 0.25) is 5.82 Å². The zero-order chi connectivity index (χ0) is 32.1. The van der Waals surface area contributed by atoms with E-state index in [1.54, 1.807) is 24.3 Å². The van der Waals surface area contributed by atoms with E-state index < -0.39 is 43.3 Å². The third-order valence-electron chi connectivity index (χ3n) is 6.58. The molecule has 2 aromatic heterocycles. The molecule has 0 fully saturated rings. The normalized spacial score (nSPS) is 12.3. The van der Waals surface area contributed by atoms with Crippen LogP contribution in [0, 0.1) is 0 Å². The topological polar surface area (TPSA) is 249 Å². The molecule has 0 bridgehead atoms. The summed E-state index contributed by atoms with van der Waals surface area (Å²) < 4.78 is 65.9. The Bertz CT molecular complexity index is 2460. The van der Waals surface area contributed by atoms with Crippen LogP contribution in [0.4, 0.5) is 17.2 Å². The summed E-state index contributed by atoms with van der Waals surface area (Å²) in [6, 6.07) is 17.7. The molecule has 0 saturated heterocycles. The van der Waals surface area contributed by atoms with Gasteiger partial charge in [-0.1, -0.05) is 18.2 Å². The van der Waals surface area contributed by atoms with Crippen molar-refractivity contribution in [2.75, 3.05) is 5.32 Å². The van der Waals surface area contributed by atoms with E-state index in [-0.39, 0.29) is 32.7 Å². The van der Waals surface area contributed by atoms with Crippen molar-refractivity contribution >= 4 is 65.1 Å². The molecule has 6 aromatic rings. The second-order valence-corrected chi connectivity index (χ2v) is 12.4. The number of aromatic amines is 2. The summed E-state index contributed by atoms with van der Waals surface area (Å²) in [6.45, 7) is 0. The first-order valence-electron chi connectivity index (χ1n) is 12.6. The van der Waals surface area contributed by atoms with Crippen molar-refractivity contribution in [1.82, 2.24) is 19.7 Å². The van der Waals surface area contributed by atoms with Crippen molar-refractivity contribution in [3.63, 3.8) is 0 Å². The number of H-pyrrole nitrogens is 2. The Morgan fingerprint density at radius 3 is 2.22 bits per heavy atom. The van der Waals surface area contributed by atoms with Gasteiger partial charge in [-0.15, -0.1) is 10.2 Å². The molecule has 0 saturated carbocycles. The highest BCUT2D eigenvalue weighted by molar-refractivity contribution is 7.86. The average molecular weight is 650 g/mol. The minimum atomic E-state index is -4.51. The summed E-state index contributed by atoms with van der Waals surface area (Å²) in [5.74, 6) is -1.87. The van der Waals surface area contributed by atoms with Gasteiger partial charge in [-0.25, -0.2) is 9.48 Å². The number of rotatable bonds is 7. The largest absolute Gasteiger partial charge is 0.502 e.